The molecule has 0 saturated carbocycles. The molecule has 3 N–H and O–H groups in total. The highest BCUT2D eigenvalue weighted by Crippen LogP contribution is 2.25. The van der Waals surface area contributed by atoms with Crippen LogP contribution in [0.1, 0.15) is 15.9 Å². The maximum absolute atomic E-state index is 12.4. The first-order chi connectivity index (χ1) is 15.4. The van der Waals surface area contributed by atoms with Gasteiger partial charge in [0.2, 0.25) is 0 Å². The summed E-state index contributed by atoms with van der Waals surface area (Å²) in [5.41, 5.74) is 3.53. The molecule has 4 aromatic rings. The van der Waals surface area contributed by atoms with Crippen LogP contribution >= 0.6 is 0 Å². The van der Waals surface area contributed by atoms with Crippen LogP contribution in [0.15, 0.2) is 101 Å². The molecule has 4 rings (SSSR count). The van der Waals surface area contributed by atoms with E-state index in [1.165, 1.54) is 42.6 Å². The average molecular weight is 446 g/mol. The van der Waals surface area contributed by atoms with Crippen molar-refractivity contribution in [1.29, 1.82) is 0 Å². The lowest BCUT2D eigenvalue weighted by atomic mass is 10.0. The van der Waals surface area contributed by atoms with Crippen molar-refractivity contribution in [2.75, 3.05) is 4.72 Å². The summed E-state index contributed by atoms with van der Waals surface area (Å²) in [5.74, 6) is -0.421. The van der Waals surface area contributed by atoms with E-state index >= 15 is 0 Å². The van der Waals surface area contributed by atoms with Gasteiger partial charge >= 0.3 is 0 Å². The van der Waals surface area contributed by atoms with Crippen LogP contribution < -0.4 is 10.1 Å². The monoisotopic (exact) mass is 445 g/mol. The van der Waals surface area contributed by atoms with Crippen LogP contribution in [0.3, 0.4) is 0 Å². The molecule has 1 amide bonds. The summed E-state index contributed by atoms with van der Waals surface area (Å²) in [7, 11) is -3.71. The first-order valence-corrected chi connectivity index (χ1v) is 11.1. The fourth-order valence-corrected chi connectivity index (χ4v) is 4.22. The Labute approximate surface area is 185 Å². The molecular weight excluding hydrogens is 426 g/mol. The van der Waals surface area contributed by atoms with E-state index in [9.17, 15) is 18.3 Å². The third-order valence-corrected chi connectivity index (χ3v) is 6.16. The van der Waals surface area contributed by atoms with E-state index in [2.05, 4.69) is 15.2 Å². The zero-order valence-electron chi connectivity index (χ0n) is 16.8. The maximum atomic E-state index is 12.4. The number of hydrogen-bond donors (Lipinski definition) is 3. The Morgan fingerprint density at radius 2 is 1.53 bits per heavy atom. The number of carbonyl (C=O) groups excluding carboxylic acids is 1. The number of phenolic OH excluding ortho intramolecular Hbond substituents is 1. The molecule has 0 atom stereocenters. The minimum absolute atomic E-state index is 0.0525. The summed E-state index contributed by atoms with van der Waals surface area (Å²) in [6.45, 7) is 0. The minimum atomic E-state index is -3.71. The lowest BCUT2D eigenvalue weighted by molar-refractivity contribution is 0.0955. The summed E-state index contributed by atoms with van der Waals surface area (Å²) in [6, 6.07) is 24.9. The van der Waals surface area contributed by atoms with Gasteiger partial charge in [0.15, 0.2) is 0 Å². The smallest absolute Gasteiger partial charge is 0.271 e. The second-order valence-corrected chi connectivity index (χ2v) is 8.60. The van der Waals surface area contributed by atoms with Crippen LogP contribution in [0, 0.1) is 0 Å². The quantitative estimate of drug-likeness (QED) is 0.307. The van der Waals surface area contributed by atoms with Crippen molar-refractivity contribution in [2.45, 2.75) is 4.90 Å². The van der Waals surface area contributed by atoms with E-state index < -0.39 is 15.9 Å². The van der Waals surface area contributed by atoms with E-state index in [1.807, 2.05) is 24.3 Å². The van der Waals surface area contributed by atoms with Gasteiger partial charge in [-0.2, -0.15) is 5.10 Å². The number of hydrazone groups is 1. The van der Waals surface area contributed by atoms with Crippen LogP contribution in [0.4, 0.5) is 5.69 Å². The molecule has 0 aliphatic rings. The SMILES string of the molecule is O=C(NN=Cc1c(O)ccc2ccccc12)c1ccc(NS(=O)(=O)c2ccccc2)cc1. The molecule has 0 radical (unpaired) electrons. The Kier molecular flexibility index (Phi) is 5.87. The average Bonchev–Trinajstić information content (AvgIpc) is 2.81. The molecule has 0 fully saturated rings. The fraction of sp³-hybridized carbons (Fsp3) is 0. The lowest BCUT2D eigenvalue weighted by Crippen LogP contribution is -2.18. The largest absolute Gasteiger partial charge is 0.507 e. The zero-order chi connectivity index (χ0) is 22.6. The third kappa shape index (κ3) is 4.60. The number of hydrogen-bond acceptors (Lipinski definition) is 5. The molecule has 0 heterocycles. The first kappa shape index (κ1) is 21.1. The van der Waals surface area contributed by atoms with E-state index in [0.29, 0.717) is 16.8 Å². The zero-order valence-corrected chi connectivity index (χ0v) is 17.6. The number of carbonyl (C=O) groups is 1. The van der Waals surface area contributed by atoms with Crippen molar-refractivity contribution in [3.8, 4) is 5.75 Å². The first-order valence-electron chi connectivity index (χ1n) is 9.66. The molecule has 32 heavy (non-hydrogen) atoms. The van der Waals surface area contributed by atoms with E-state index in [1.54, 1.807) is 30.3 Å². The highest BCUT2D eigenvalue weighted by Gasteiger charge is 2.14. The standard InChI is InChI=1S/C24H19N3O4S/c28-23-15-12-17-6-4-5-9-21(17)22(23)16-25-26-24(29)18-10-13-19(14-11-18)27-32(30,31)20-7-2-1-3-8-20/h1-16,27-28H,(H,26,29). The van der Waals surface area contributed by atoms with Crippen molar-refractivity contribution < 1.29 is 18.3 Å². The Balaban J connectivity index is 1.44. The molecular formula is C24H19N3O4S. The number of amides is 1. The number of rotatable bonds is 6. The van der Waals surface area contributed by atoms with Crippen LogP contribution in [0.2, 0.25) is 0 Å². The van der Waals surface area contributed by atoms with Gasteiger partial charge in [-0.15, -0.1) is 0 Å². The number of sulfonamides is 1. The Bertz CT molecular complexity index is 1400. The van der Waals surface area contributed by atoms with Crippen molar-refractivity contribution in [3.63, 3.8) is 0 Å². The van der Waals surface area contributed by atoms with Gasteiger partial charge in [0, 0.05) is 16.8 Å². The van der Waals surface area contributed by atoms with E-state index in [0.717, 1.165) is 10.8 Å². The number of anilines is 1. The highest BCUT2D eigenvalue weighted by atomic mass is 32.2. The number of benzene rings is 4. The van der Waals surface area contributed by atoms with Gasteiger partial charge in [0.05, 0.1) is 11.1 Å². The molecule has 0 aromatic heterocycles. The van der Waals surface area contributed by atoms with Crippen LogP contribution in [0.5, 0.6) is 5.75 Å². The van der Waals surface area contributed by atoms with Gasteiger partial charge < -0.3 is 5.11 Å². The van der Waals surface area contributed by atoms with Crippen LogP contribution in [-0.4, -0.2) is 25.6 Å². The van der Waals surface area contributed by atoms with Gasteiger partial charge in [0.25, 0.3) is 15.9 Å². The Morgan fingerprint density at radius 1 is 0.844 bits per heavy atom. The summed E-state index contributed by atoms with van der Waals surface area (Å²) in [4.78, 5) is 12.5. The van der Waals surface area contributed by atoms with E-state index in [4.69, 9.17) is 0 Å². The molecule has 0 bridgehead atoms. The second kappa shape index (κ2) is 8.91. The topological polar surface area (TPSA) is 108 Å². The summed E-state index contributed by atoms with van der Waals surface area (Å²) in [6.07, 6.45) is 1.39. The molecule has 4 aromatic carbocycles. The number of fused-ring (bicyclic) bond motifs is 1. The van der Waals surface area contributed by atoms with Gasteiger partial charge in [-0.1, -0.05) is 48.5 Å². The molecule has 160 valence electrons. The molecule has 0 saturated heterocycles. The van der Waals surface area contributed by atoms with Crippen molar-refractivity contribution >= 4 is 38.6 Å². The fourth-order valence-electron chi connectivity index (χ4n) is 3.14. The summed E-state index contributed by atoms with van der Waals surface area (Å²) < 4.78 is 27.2. The Morgan fingerprint density at radius 3 is 2.28 bits per heavy atom. The van der Waals surface area contributed by atoms with Crippen molar-refractivity contribution in [3.05, 3.63) is 102 Å². The molecule has 0 aliphatic heterocycles. The van der Waals surface area contributed by atoms with Gasteiger partial charge in [-0.3, -0.25) is 9.52 Å². The van der Waals surface area contributed by atoms with Crippen molar-refractivity contribution in [1.82, 2.24) is 5.43 Å². The van der Waals surface area contributed by atoms with Gasteiger partial charge in [-0.25, -0.2) is 13.8 Å². The van der Waals surface area contributed by atoms with Crippen LogP contribution in [0.25, 0.3) is 10.8 Å². The number of nitrogens with zero attached hydrogens (tertiary/aromatic N) is 1. The molecule has 0 aliphatic carbocycles. The summed E-state index contributed by atoms with van der Waals surface area (Å²) >= 11 is 0. The number of nitrogens with one attached hydrogen (secondary N) is 2. The van der Waals surface area contributed by atoms with Crippen LogP contribution in [-0.2, 0) is 10.0 Å². The van der Waals surface area contributed by atoms with E-state index in [-0.39, 0.29) is 10.6 Å². The molecule has 7 nitrogen and oxygen atoms in total. The highest BCUT2D eigenvalue weighted by molar-refractivity contribution is 7.92. The Hall–Kier alpha value is -4.17. The second-order valence-electron chi connectivity index (χ2n) is 6.91. The molecule has 0 spiro atoms. The third-order valence-electron chi connectivity index (χ3n) is 4.76. The number of phenols is 1. The minimum Gasteiger partial charge on any atom is -0.507 e. The predicted molar refractivity (Wildman–Crippen MR) is 124 cm³/mol. The number of aromatic hydroxyl groups is 1. The predicted octanol–water partition coefficient (Wildman–Crippen LogP) is 4.11. The normalized spacial score (nSPS) is 11.5. The lowest BCUT2D eigenvalue weighted by Gasteiger charge is -2.08. The molecule has 0 unspecified atom stereocenters. The maximum Gasteiger partial charge on any atom is 0.271 e. The molecule has 8 heteroatoms. The summed E-state index contributed by atoms with van der Waals surface area (Å²) in [5, 5.41) is 15.8. The van der Waals surface area contributed by atoms with Crippen molar-refractivity contribution in [2.24, 2.45) is 5.10 Å². The van der Waals surface area contributed by atoms with Gasteiger partial charge in [0.1, 0.15) is 5.75 Å². The van der Waals surface area contributed by atoms with Gasteiger partial charge in [-0.05, 0) is 53.2 Å².